The zero-order chi connectivity index (χ0) is 18.4. The Balaban J connectivity index is 2.12. The van der Waals surface area contributed by atoms with E-state index in [1.807, 2.05) is 30.3 Å². The zero-order valence-corrected chi connectivity index (χ0v) is 14.5. The summed E-state index contributed by atoms with van der Waals surface area (Å²) in [6.45, 7) is 5.31. The maximum Gasteiger partial charge on any atom is 0.307 e. The van der Waals surface area contributed by atoms with Gasteiger partial charge in [-0.3, -0.25) is 14.4 Å². The number of benzene rings is 1. The van der Waals surface area contributed by atoms with E-state index in [1.165, 1.54) is 10.7 Å². The summed E-state index contributed by atoms with van der Waals surface area (Å²) in [5, 5.41) is 6.69. The molecule has 1 amide bonds. The van der Waals surface area contributed by atoms with E-state index in [4.69, 9.17) is 4.74 Å². The molecule has 1 N–H and O–H groups in total. The predicted octanol–water partition coefficient (Wildman–Crippen LogP) is 1.61. The van der Waals surface area contributed by atoms with Crippen molar-refractivity contribution >= 4 is 11.9 Å². The lowest BCUT2D eigenvalue weighted by Gasteiger charge is -2.11. The number of carbonyl (C=O) groups excluding carboxylic acids is 2. The first-order valence-electron chi connectivity index (χ1n) is 8.02. The Labute approximate surface area is 145 Å². The summed E-state index contributed by atoms with van der Waals surface area (Å²) in [5.74, 6) is -1.03. The largest absolute Gasteiger partial charge is 0.463 e. The molecule has 0 spiro atoms. The van der Waals surface area contributed by atoms with Crippen molar-refractivity contribution < 1.29 is 14.3 Å². The van der Waals surface area contributed by atoms with Gasteiger partial charge in [0.25, 0.3) is 5.91 Å². The number of hydrogen-bond donors (Lipinski definition) is 1. The van der Waals surface area contributed by atoms with Gasteiger partial charge in [-0.1, -0.05) is 18.2 Å². The molecule has 0 aliphatic heterocycles. The van der Waals surface area contributed by atoms with E-state index >= 15 is 0 Å². The number of hydrogen-bond acceptors (Lipinski definition) is 5. The fraction of sp³-hybridized carbons (Fsp3) is 0.333. The smallest absolute Gasteiger partial charge is 0.307 e. The second kappa shape index (κ2) is 8.23. The third-order valence-corrected chi connectivity index (χ3v) is 3.31. The van der Waals surface area contributed by atoms with Crippen LogP contribution in [0.4, 0.5) is 0 Å². The summed E-state index contributed by atoms with van der Waals surface area (Å²) in [6.07, 6.45) is -0.178. The fourth-order valence-corrected chi connectivity index (χ4v) is 2.22. The summed E-state index contributed by atoms with van der Waals surface area (Å²) in [5.41, 5.74) is 0.682. The van der Waals surface area contributed by atoms with Gasteiger partial charge in [-0.2, -0.15) is 5.10 Å². The van der Waals surface area contributed by atoms with Crippen LogP contribution in [0, 0.1) is 6.92 Å². The average molecular weight is 343 g/mol. The SMILES string of the molecule is Cc1cc(=O)c(C(=O)NCCC(=O)OC(C)C)nn1-c1ccccc1. The van der Waals surface area contributed by atoms with Crippen molar-refractivity contribution in [3.05, 3.63) is 58.0 Å². The molecule has 1 heterocycles. The Kier molecular flexibility index (Phi) is 6.05. The number of aromatic nitrogens is 2. The normalized spacial score (nSPS) is 10.6. The second-order valence-corrected chi connectivity index (χ2v) is 5.79. The van der Waals surface area contributed by atoms with Crippen LogP contribution in [0.5, 0.6) is 0 Å². The number of amides is 1. The Morgan fingerprint density at radius 3 is 2.56 bits per heavy atom. The van der Waals surface area contributed by atoms with E-state index < -0.39 is 17.3 Å². The van der Waals surface area contributed by atoms with E-state index in [2.05, 4.69) is 10.4 Å². The highest BCUT2D eigenvalue weighted by Gasteiger charge is 2.15. The lowest BCUT2D eigenvalue weighted by molar-refractivity contribution is -0.147. The molecular weight excluding hydrogens is 322 g/mol. The van der Waals surface area contributed by atoms with Crippen LogP contribution in [0.15, 0.2) is 41.2 Å². The van der Waals surface area contributed by atoms with Gasteiger partial charge in [0.15, 0.2) is 5.69 Å². The van der Waals surface area contributed by atoms with Gasteiger partial charge in [-0.25, -0.2) is 4.68 Å². The minimum absolute atomic E-state index is 0.0304. The lowest BCUT2D eigenvalue weighted by Crippen LogP contribution is -2.33. The maximum absolute atomic E-state index is 12.2. The molecule has 2 aromatic rings. The molecule has 1 aromatic heterocycles. The molecule has 0 radical (unpaired) electrons. The van der Waals surface area contributed by atoms with Gasteiger partial charge in [0.1, 0.15) is 0 Å². The van der Waals surface area contributed by atoms with Gasteiger partial charge >= 0.3 is 5.97 Å². The summed E-state index contributed by atoms with van der Waals surface area (Å²) < 4.78 is 6.51. The Morgan fingerprint density at radius 1 is 1.24 bits per heavy atom. The van der Waals surface area contributed by atoms with Gasteiger partial charge in [-0.15, -0.1) is 0 Å². The van der Waals surface area contributed by atoms with Crippen LogP contribution in [0.2, 0.25) is 0 Å². The predicted molar refractivity (Wildman–Crippen MR) is 92.7 cm³/mol. The number of nitrogens with one attached hydrogen (secondary N) is 1. The van der Waals surface area contributed by atoms with E-state index in [0.717, 1.165) is 5.69 Å². The minimum Gasteiger partial charge on any atom is -0.463 e. The molecular formula is C18H21N3O4. The van der Waals surface area contributed by atoms with Gasteiger partial charge in [0.2, 0.25) is 5.43 Å². The van der Waals surface area contributed by atoms with Crippen LogP contribution in [0.1, 0.15) is 36.5 Å². The molecule has 0 bridgehead atoms. The highest BCUT2D eigenvalue weighted by Crippen LogP contribution is 2.07. The number of rotatable bonds is 6. The molecule has 7 nitrogen and oxygen atoms in total. The summed E-state index contributed by atoms with van der Waals surface area (Å²) in [6, 6.07) is 10.6. The Morgan fingerprint density at radius 2 is 1.92 bits per heavy atom. The Hall–Kier alpha value is -2.96. The standard InChI is InChI=1S/C18H21N3O4/c1-12(2)25-16(23)9-10-19-18(24)17-15(22)11-13(3)21(20-17)14-7-5-4-6-8-14/h4-8,11-12H,9-10H2,1-3H3,(H,19,24). The van der Waals surface area contributed by atoms with Crippen molar-refractivity contribution in [1.29, 1.82) is 0 Å². The van der Waals surface area contributed by atoms with Gasteiger partial charge in [0.05, 0.1) is 18.2 Å². The topological polar surface area (TPSA) is 90.3 Å². The maximum atomic E-state index is 12.2. The van der Waals surface area contributed by atoms with E-state index in [0.29, 0.717) is 5.69 Å². The highest BCUT2D eigenvalue weighted by atomic mass is 16.5. The Bertz CT molecular complexity index is 813. The van der Waals surface area contributed by atoms with Gasteiger partial charge in [0, 0.05) is 18.3 Å². The molecule has 7 heteroatoms. The van der Waals surface area contributed by atoms with Crippen LogP contribution in [-0.2, 0) is 9.53 Å². The van der Waals surface area contributed by atoms with Crippen molar-refractivity contribution in [2.45, 2.75) is 33.3 Å². The lowest BCUT2D eigenvalue weighted by atomic mass is 10.2. The number of ether oxygens (including phenoxy) is 1. The zero-order valence-electron chi connectivity index (χ0n) is 14.5. The first kappa shape index (κ1) is 18.4. The average Bonchev–Trinajstić information content (AvgIpc) is 2.55. The van der Waals surface area contributed by atoms with E-state index in [1.54, 1.807) is 20.8 Å². The molecule has 0 saturated heterocycles. The second-order valence-electron chi connectivity index (χ2n) is 5.79. The van der Waals surface area contributed by atoms with Crippen LogP contribution < -0.4 is 10.7 Å². The van der Waals surface area contributed by atoms with Crippen LogP contribution in [-0.4, -0.2) is 34.3 Å². The first-order chi connectivity index (χ1) is 11.9. The monoisotopic (exact) mass is 343 g/mol. The molecule has 0 aliphatic rings. The van der Waals surface area contributed by atoms with Crippen molar-refractivity contribution in [2.75, 3.05) is 6.54 Å². The molecule has 1 aromatic carbocycles. The molecule has 25 heavy (non-hydrogen) atoms. The quantitative estimate of drug-likeness (QED) is 0.805. The molecule has 0 unspecified atom stereocenters. The fourth-order valence-electron chi connectivity index (χ4n) is 2.22. The number of esters is 1. The summed E-state index contributed by atoms with van der Waals surface area (Å²) in [7, 11) is 0. The molecule has 0 aliphatic carbocycles. The number of aryl methyl sites for hydroxylation is 1. The third-order valence-electron chi connectivity index (χ3n) is 3.31. The molecule has 0 atom stereocenters. The van der Waals surface area contributed by atoms with Gasteiger partial charge in [-0.05, 0) is 32.9 Å². The van der Waals surface area contributed by atoms with Crippen LogP contribution in [0.3, 0.4) is 0 Å². The number of nitrogens with zero attached hydrogens (tertiary/aromatic N) is 2. The molecule has 0 fully saturated rings. The van der Waals surface area contributed by atoms with Gasteiger partial charge < -0.3 is 10.1 Å². The molecule has 132 valence electrons. The van der Waals surface area contributed by atoms with Crippen molar-refractivity contribution in [1.82, 2.24) is 15.1 Å². The van der Waals surface area contributed by atoms with Crippen LogP contribution in [0.25, 0.3) is 5.69 Å². The van der Waals surface area contributed by atoms with Crippen molar-refractivity contribution in [3.8, 4) is 5.69 Å². The van der Waals surface area contributed by atoms with E-state index in [-0.39, 0.29) is 24.8 Å². The van der Waals surface area contributed by atoms with Crippen LogP contribution >= 0.6 is 0 Å². The highest BCUT2D eigenvalue weighted by molar-refractivity contribution is 5.92. The summed E-state index contributed by atoms with van der Waals surface area (Å²) in [4.78, 5) is 35.8. The van der Waals surface area contributed by atoms with Crippen molar-refractivity contribution in [3.63, 3.8) is 0 Å². The molecule has 2 rings (SSSR count). The number of carbonyl (C=O) groups is 2. The first-order valence-corrected chi connectivity index (χ1v) is 8.02. The molecule has 0 saturated carbocycles. The van der Waals surface area contributed by atoms with E-state index in [9.17, 15) is 14.4 Å². The van der Waals surface area contributed by atoms with Crippen molar-refractivity contribution in [2.24, 2.45) is 0 Å². The minimum atomic E-state index is -0.618. The third kappa shape index (κ3) is 5.00. The number of para-hydroxylation sites is 1. The summed E-state index contributed by atoms with van der Waals surface area (Å²) >= 11 is 0.